The third kappa shape index (κ3) is 8.07. The predicted octanol–water partition coefficient (Wildman–Crippen LogP) is 5.34. The number of amides is 2. The summed E-state index contributed by atoms with van der Waals surface area (Å²) in [6, 6.07) is 19.7. The first-order valence-corrected chi connectivity index (χ1v) is 14.7. The quantitative estimate of drug-likeness (QED) is 0.338. The molecule has 3 rings (SSSR count). The fraction of sp³-hybridized carbons (Fsp3) is 0.333. The predicted molar refractivity (Wildman–Crippen MR) is 156 cm³/mol. The van der Waals surface area contributed by atoms with Crippen molar-refractivity contribution in [2.24, 2.45) is 5.92 Å². The molecule has 0 aliphatic rings. The summed E-state index contributed by atoms with van der Waals surface area (Å²) in [6.07, 6.45) is 0. The van der Waals surface area contributed by atoms with Crippen molar-refractivity contribution in [2.45, 2.75) is 52.1 Å². The summed E-state index contributed by atoms with van der Waals surface area (Å²) < 4.78 is 28.8. The largest absolute Gasteiger partial charge is 0.354 e. The molecule has 0 spiro atoms. The highest BCUT2D eigenvalue weighted by molar-refractivity contribution is 7.92. The fourth-order valence-corrected chi connectivity index (χ4v) is 5.64. The molecule has 0 radical (unpaired) electrons. The van der Waals surface area contributed by atoms with Crippen LogP contribution < -0.4 is 9.62 Å². The molecular weight excluding hydrogens is 534 g/mol. The second-order valence-electron chi connectivity index (χ2n) is 10.1. The van der Waals surface area contributed by atoms with Gasteiger partial charge in [-0.25, -0.2) is 8.42 Å². The molecule has 2 amide bonds. The number of benzene rings is 3. The van der Waals surface area contributed by atoms with E-state index < -0.39 is 28.5 Å². The van der Waals surface area contributed by atoms with E-state index in [1.165, 1.54) is 17.0 Å². The van der Waals surface area contributed by atoms with E-state index >= 15 is 0 Å². The maximum atomic E-state index is 13.9. The highest BCUT2D eigenvalue weighted by Crippen LogP contribution is 2.26. The summed E-state index contributed by atoms with van der Waals surface area (Å²) in [6.45, 7) is 9.39. The van der Waals surface area contributed by atoms with Gasteiger partial charge in [-0.15, -0.1) is 0 Å². The Morgan fingerprint density at radius 2 is 1.56 bits per heavy atom. The molecule has 0 aliphatic heterocycles. The van der Waals surface area contributed by atoms with E-state index in [1.807, 2.05) is 39.8 Å². The van der Waals surface area contributed by atoms with E-state index in [-0.39, 0.29) is 23.3 Å². The molecule has 1 N–H and O–H groups in total. The second kappa shape index (κ2) is 13.1. The van der Waals surface area contributed by atoms with E-state index in [1.54, 1.807) is 55.5 Å². The van der Waals surface area contributed by atoms with Gasteiger partial charge in [-0.05, 0) is 74.2 Å². The zero-order valence-electron chi connectivity index (χ0n) is 23.0. The number of hydrogen-bond acceptors (Lipinski definition) is 4. The summed E-state index contributed by atoms with van der Waals surface area (Å²) in [5.41, 5.74) is 2.86. The van der Waals surface area contributed by atoms with Crippen LogP contribution in [0.4, 0.5) is 5.69 Å². The summed E-state index contributed by atoms with van der Waals surface area (Å²) in [5.74, 6) is -0.600. The molecule has 1 atom stereocenters. The van der Waals surface area contributed by atoms with Gasteiger partial charge in [0, 0.05) is 18.1 Å². The van der Waals surface area contributed by atoms with Crippen LogP contribution in [0.25, 0.3) is 0 Å². The molecule has 0 fully saturated rings. The first-order valence-electron chi connectivity index (χ1n) is 12.9. The highest BCUT2D eigenvalue weighted by atomic mass is 35.5. The molecule has 0 unspecified atom stereocenters. The molecule has 0 aromatic heterocycles. The summed E-state index contributed by atoms with van der Waals surface area (Å²) in [7, 11) is -4.10. The van der Waals surface area contributed by atoms with E-state index in [4.69, 9.17) is 11.6 Å². The van der Waals surface area contributed by atoms with Crippen LogP contribution in [-0.4, -0.2) is 44.3 Å². The Balaban J connectivity index is 2.01. The lowest BCUT2D eigenvalue weighted by Crippen LogP contribution is -2.51. The topological polar surface area (TPSA) is 86.8 Å². The van der Waals surface area contributed by atoms with Crippen molar-refractivity contribution in [3.05, 3.63) is 94.5 Å². The van der Waals surface area contributed by atoms with Crippen LogP contribution in [0.2, 0.25) is 5.02 Å². The molecule has 3 aromatic carbocycles. The average Bonchev–Trinajstić information content (AvgIpc) is 2.88. The van der Waals surface area contributed by atoms with E-state index in [9.17, 15) is 18.0 Å². The monoisotopic (exact) mass is 569 g/mol. The van der Waals surface area contributed by atoms with Crippen molar-refractivity contribution in [3.8, 4) is 0 Å². The maximum Gasteiger partial charge on any atom is 0.264 e. The van der Waals surface area contributed by atoms with Crippen molar-refractivity contribution in [3.63, 3.8) is 0 Å². The minimum Gasteiger partial charge on any atom is -0.354 e. The van der Waals surface area contributed by atoms with Crippen LogP contribution in [-0.2, 0) is 26.2 Å². The molecule has 39 heavy (non-hydrogen) atoms. The minimum atomic E-state index is -4.10. The summed E-state index contributed by atoms with van der Waals surface area (Å²) in [4.78, 5) is 28.4. The summed E-state index contributed by atoms with van der Waals surface area (Å²) in [5, 5.41) is 3.38. The van der Waals surface area contributed by atoms with Gasteiger partial charge in [0.25, 0.3) is 10.0 Å². The third-order valence-corrected chi connectivity index (χ3v) is 8.29. The van der Waals surface area contributed by atoms with Crippen molar-refractivity contribution < 1.29 is 18.0 Å². The van der Waals surface area contributed by atoms with Gasteiger partial charge in [0.05, 0.1) is 10.6 Å². The lowest BCUT2D eigenvalue weighted by atomic mass is 10.1. The first kappa shape index (κ1) is 30.2. The van der Waals surface area contributed by atoms with Crippen molar-refractivity contribution in [2.75, 3.05) is 17.4 Å². The number of sulfonamides is 1. The molecule has 0 aliphatic carbocycles. The molecular formula is C30H36ClN3O4S. The number of hydrogen-bond donors (Lipinski definition) is 1. The summed E-state index contributed by atoms with van der Waals surface area (Å²) >= 11 is 6.18. The molecule has 0 bridgehead atoms. The van der Waals surface area contributed by atoms with Crippen LogP contribution in [0.15, 0.2) is 77.7 Å². The van der Waals surface area contributed by atoms with E-state index in [0.29, 0.717) is 17.3 Å². The molecule has 9 heteroatoms. The number of nitrogens with zero attached hydrogens (tertiary/aromatic N) is 2. The first-order chi connectivity index (χ1) is 18.4. The fourth-order valence-electron chi connectivity index (χ4n) is 4.02. The van der Waals surface area contributed by atoms with Crippen LogP contribution >= 0.6 is 11.6 Å². The molecule has 208 valence electrons. The zero-order chi connectivity index (χ0) is 28.7. The lowest BCUT2D eigenvalue weighted by Gasteiger charge is -2.32. The normalized spacial score (nSPS) is 12.2. The SMILES string of the molecule is Cc1ccc(S(=O)(=O)N(CC(=O)N(Cc2cccc(Cl)c2)[C@@H](C)C(=O)NCC(C)C)c2cccc(C)c2)cc1. The second-order valence-corrected chi connectivity index (χ2v) is 12.4. The number of carbonyl (C=O) groups is 2. The number of aryl methyl sites for hydroxylation is 2. The van der Waals surface area contributed by atoms with Crippen molar-refractivity contribution in [1.82, 2.24) is 10.2 Å². The van der Waals surface area contributed by atoms with Gasteiger partial charge in [-0.2, -0.15) is 0 Å². The van der Waals surface area contributed by atoms with Crippen LogP contribution in [0.5, 0.6) is 0 Å². The molecule has 0 saturated carbocycles. The zero-order valence-corrected chi connectivity index (χ0v) is 24.6. The van der Waals surface area contributed by atoms with Crippen LogP contribution in [0.1, 0.15) is 37.5 Å². The Morgan fingerprint density at radius 3 is 2.18 bits per heavy atom. The number of rotatable bonds is 11. The number of anilines is 1. The Hall–Kier alpha value is -3.36. The van der Waals surface area contributed by atoms with Gasteiger partial charge in [-0.3, -0.25) is 13.9 Å². The minimum absolute atomic E-state index is 0.0755. The number of carbonyl (C=O) groups excluding carboxylic acids is 2. The maximum absolute atomic E-state index is 13.9. The smallest absolute Gasteiger partial charge is 0.264 e. The van der Waals surface area contributed by atoms with Gasteiger partial charge in [0.1, 0.15) is 12.6 Å². The standard InChI is InChI=1S/C30H36ClN3O4S/c1-21(2)18-32-30(36)24(5)33(19-25-9-7-10-26(31)17-25)29(35)20-34(27-11-6-8-23(4)16-27)39(37,38)28-14-12-22(3)13-15-28/h6-17,21,24H,18-20H2,1-5H3,(H,32,36)/t24-/m0/s1. The number of halogens is 1. The number of nitrogens with one attached hydrogen (secondary N) is 1. The average molecular weight is 570 g/mol. The van der Waals surface area contributed by atoms with Gasteiger partial charge in [-0.1, -0.05) is 67.4 Å². The highest BCUT2D eigenvalue weighted by Gasteiger charge is 2.32. The molecule has 0 saturated heterocycles. The Kier molecular flexibility index (Phi) is 10.2. The Labute approximate surface area is 236 Å². The van der Waals surface area contributed by atoms with E-state index in [2.05, 4.69) is 5.32 Å². The van der Waals surface area contributed by atoms with Crippen molar-refractivity contribution >= 4 is 39.1 Å². The lowest BCUT2D eigenvalue weighted by molar-refractivity contribution is -0.139. The third-order valence-electron chi connectivity index (χ3n) is 6.27. The van der Waals surface area contributed by atoms with E-state index in [0.717, 1.165) is 21.0 Å². The molecule has 7 nitrogen and oxygen atoms in total. The molecule has 0 heterocycles. The molecule has 3 aromatic rings. The van der Waals surface area contributed by atoms with Gasteiger partial charge < -0.3 is 10.2 Å². The van der Waals surface area contributed by atoms with Gasteiger partial charge in [0.2, 0.25) is 11.8 Å². The van der Waals surface area contributed by atoms with Crippen LogP contribution in [0, 0.1) is 19.8 Å². The Morgan fingerprint density at radius 1 is 0.897 bits per heavy atom. The Bertz CT molecular complexity index is 1410. The van der Waals surface area contributed by atoms with Gasteiger partial charge in [0.15, 0.2) is 0 Å². The van der Waals surface area contributed by atoms with Crippen molar-refractivity contribution in [1.29, 1.82) is 0 Å². The van der Waals surface area contributed by atoms with Gasteiger partial charge >= 0.3 is 0 Å². The van der Waals surface area contributed by atoms with Crippen LogP contribution in [0.3, 0.4) is 0 Å².